The summed E-state index contributed by atoms with van der Waals surface area (Å²) in [5.74, 6) is -0.931. The second-order valence-electron chi connectivity index (χ2n) is 3.50. The Kier molecular flexibility index (Phi) is 7.76. The van der Waals surface area contributed by atoms with Crippen LogP contribution in [0.4, 0.5) is 0 Å². The van der Waals surface area contributed by atoms with Crippen molar-refractivity contribution in [2.24, 2.45) is 0 Å². The molecule has 6 heteroatoms. The summed E-state index contributed by atoms with van der Waals surface area (Å²) in [7, 11) is -3.57. The molecule has 0 aliphatic heterocycles. The zero-order valence-electron chi connectivity index (χ0n) is 9.74. The predicted molar refractivity (Wildman–Crippen MR) is 64.2 cm³/mol. The third-order valence-electron chi connectivity index (χ3n) is 2.07. The van der Waals surface area contributed by atoms with Gasteiger partial charge in [-0.25, -0.2) is 13.2 Å². The first kappa shape index (κ1) is 15.7. The number of carbonyl (C=O) groups excluding carboxylic acids is 1. The van der Waals surface area contributed by atoms with Crippen LogP contribution in [0.15, 0.2) is 0 Å². The summed E-state index contributed by atoms with van der Waals surface area (Å²) in [6.45, 7) is 3.78. The van der Waals surface area contributed by atoms with Gasteiger partial charge in [-0.3, -0.25) is 0 Å². The number of halogens is 1. The molecule has 0 radical (unpaired) electrons. The van der Waals surface area contributed by atoms with Crippen LogP contribution in [0.3, 0.4) is 0 Å². The van der Waals surface area contributed by atoms with E-state index in [9.17, 15) is 13.2 Å². The zero-order valence-corrected chi connectivity index (χ0v) is 11.3. The molecule has 0 aliphatic carbocycles. The summed E-state index contributed by atoms with van der Waals surface area (Å²) < 4.78 is 26.2. The largest absolute Gasteiger partial charge is 0.464 e. The van der Waals surface area contributed by atoms with Gasteiger partial charge in [-0.15, -0.1) is 0 Å². The Hall–Kier alpha value is -0.290. The van der Waals surface area contributed by atoms with Gasteiger partial charge in [0.15, 0.2) is 9.84 Å². The topological polar surface area (TPSA) is 60.4 Å². The lowest BCUT2D eigenvalue weighted by Crippen LogP contribution is -2.29. The van der Waals surface area contributed by atoms with E-state index in [2.05, 4.69) is 4.74 Å². The summed E-state index contributed by atoms with van der Waals surface area (Å²) in [5, 5.41) is 0. The Morgan fingerprint density at radius 1 is 1.25 bits per heavy atom. The zero-order chi connectivity index (χ0) is 12.6. The first-order chi connectivity index (χ1) is 7.45. The average molecular weight is 271 g/mol. The van der Waals surface area contributed by atoms with Gasteiger partial charge in [0.2, 0.25) is 4.71 Å². The minimum Gasteiger partial charge on any atom is -0.464 e. The van der Waals surface area contributed by atoms with Crippen LogP contribution in [0.5, 0.6) is 0 Å². The Balaban J connectivity index is 4.16. The van der Waals surface area contributed by atoms with Gasteiger partial charge in [-0.1, -0.05) is 37.8 Å². The number of hydrogen-bond donors (Lipinski definition) is 0. The van der Waals surface area contributed by atoms with Gasteiger partial charge < -0.3 is 4.74 Å². The van der Waals surface area contributed by atoms with E-state index >= 15 is 0 Å². The van der Waals surface area contributed by atoms with Crippen LogP contribution in [0.1, 0.15) is 39.5 Å². The van der Waals surface area contributed by atoms with E-state index in [1.807, 2.05) is 6.92 Å². The molecular weight excluding hydrogens is 252 g/mol. The Labute approximate surface area is 102 Å². The molecular formula is C10H19ClO4S. The molecule has 0 N–H and O–H groups in total. The molecule has 0 aromatic rings. The van der Waals surface area contributed by atoms with Crippen LogP contribution < -0.4 is 0 Å². The lowest BCUT2D eigenvalue weighted by atomic mass is 10.2. The number of unbranched alkanes of at least 4 members (excludes halogenated alkanes) is 3. The number of rotatable bonds is 8. The third kappa shape index (κ3) is 5.70. The van der Waals surface area contributed by atoms with E-state index in [1.165, 1.54) is 0 Å². The second-order valence-corrected chi connectivity index (χ2v) is 6.40. The Morgan fingerprint density at radius 2 is 1.88 bits per heavy atom. The third-order valence-corrected chi connectivity index (χ3v) is 4.74. The summed E-state index contributed by atoms with van der Waals surface area (Å²) in [5.41, 5.74) is 0. The molecule has 0 saturated heterocycles. The van der Waals surface area contributed by atoms with Gasteiger partial charge in [0.1, 0.15) is 0 Å². The van der Waals surface area contributed by atoms with Crippen molar-refractivity contribution in [1.82, 2.24) is 0 Å². The highest BCUT2D eigenvalue weighted by molar-refractivity contribution is 7.94. The van der Waals surface area contributed by atoms with Crippen LogP contribution in [-0.4, -0.2) is 31.5 Å². The average Bonchev–Trinajstić information content (AvgIpc) is 2.23. The maximum absolute atomic E-state index is 11.6. The lowest BCUT2D eigenvalue weighted by molar-refractivity contribution is -0.140. The Bertz CT molecular complexity index is 300. The van der Waals surface area contributed by atoms with Gasteiger partial charge in [0, 0.05) is 0 Å². The molecule has 4 nitrogen and oxygen atoms in total. The fourth-order valence-corrected chi connectivity index (χ4v) is 2.69. The molecule has 16 heavy (non-hydrogen) atoms. The monoisotopic (exact) mass is 270 g/mol. The summed E-state index contributed by atoms with van der Waals surface area (Å²) >= 11 is 5.55. The fraction of sp³-hybridized carbons (Fsp3) is 0.900. The number of alkyl halides is 1. The van der Waals surface area contributed by atoms with Crippen LogP contribution in [0, 0.1) is 0 Å². The molecule has 1 atom stereocenters. The van der Waals surface area contributed by atoms with Crippen molar-refractivity contribution < 1.29 is 17.9 Å². The van der Waals surface area contributed by atoms with Crippen LogP contribution in [0.2, 0.25) is 0 Å². The van der Waals surface area contributed by atoms with Gasteiger partial charge in [-0.05, 0) is 13.3 Å². The molecule has 0 fully saturated rings. The van der Waals surface area contributed by atoms with Crippen molar-refractivity contribution in [3.05, 3.63) is 0 Å². The molecule has 0 spiro atoms. The van der Waals surface area contributed by atoms with Crippen LogP contribution in [-0.2, 0) is 19.4 Å². The standard InChI is InChI=1S/C10H19ClO4S/c1-3-5-6-7-8-16(13,14)9(11)10(12)15-4-2/h9H,3-8H2,1-2H3. The second kappa shape index (κ2) is 7.90. The van der Waals surface area contributed by atoms with E-state index in [-0.39, 0.29) is 12.4 Å². The van der Waals surface area contributed by atoms with Gasteiger partial charge >= 0.3 is 5.97 Å². The molecule has 0 aromatic heterocycles. The quantitative estimate of drug-likeness (QED) is 0.385. The minimum absolute atomic E-state index is 0.0556. The van der Waals surface area contributed by atoms with Crippen molar-refractivity contribution >= 4 is 27.4 Å². The molecule has 0 amide bonds. The van der Waals surface area contributed by atoms with Gasteiger partial charge in [0.05, 0.1) is 12.4 Å². The molecule has 1 unspecified atom stereocenters. The maximum Gasteiger partial charge on any atom is 0.339 e. The highest BCUT2D eigenvalue weighted by Crippen LogP contribution is 2.13. The van der Waals surface area contributed by atoms with Crippen molar-refractivity contribution in [2.75, 3.05) is 12.4 Å². The summed E-state index contributed by atoms with van der Waals surface area (Å²) in [4.78, 5) is 11.1. The highest BCUT2D eigenvalue weighted by Gasteiger charge is 2.30. The van der Waals surface area contributed by atoms with Gasteiger partial charge in [0.25, 0.3) is 0 Å². The molecule has 96 valence electrons. The number of esters is 1. The predicted octanol–water partition coefficient (Wildman–Crippen LogP) is 2.11. The number of hydrogen-bond acceptors (Lipinski definition) is 4. The van der Waals surface area contributed by atoms with Crippen molar-refractivity contribution in [1.29, 1.82) is 0 Å². The molecule has 0 rings (SSSR count). The maximum atomic E-state index is 11.6. The van der Waals surface area contributed by atoms with E-state index in [0.29, 0.717) is 6.42 Å². The van der Waals surface area contributed by atoms with Crippen LogP contribution >= 0.6 is 11.6 Å². The normalized spacial score (nSPS) is 13.4. The molecule has 0 aliphatic rings. The molecule has 0 saturated carbocycles. The van der Waals surface area contributed by atoms with Crippen molar-refractivity contribution in [3.63, 3.8) is 0 Å². The highest BCUT2D eigenvalue weighted by atomic mass is 35.5. The lowest BCUT2D eigenvalue weighted by Gasteiger charge is -2.09. The Morgan fingerprint density at radius 3 is 2.38 bits per heavy atom. The SMILES string of the molecule is CCCCCCS(=O)(=O)C(Cl)C(=O)OCC. The number of carbonyl (C=O) groups is 1. The van der Waals surface area contributed by atoms with Gasteiger partial charge in [-0.2, -0.15) is 0 Å². The van der Waals surface area contributed by atoms with Crippen molar-refractivity contribution in [2.45, 2.75) is 44.2 Å². The molecule has 0 aromatic carbocycles. The molecule has 0 heterocycles. The van der Waals surface area contributed by atoms with E-state index in [4.69, 9.17) is 11.6 Å². The van der Waals surface area contributed by atoms with E-state index in [1.54, 1.807) is 6.92 Å². The van der Waals surface area contributed by atoms with E-state index < -0.39 is 20.5 Å². The smallest absolute Gasteiger partial charge is 0.339 e. The minimum atomic E-state index is -3.57. The fourth-order valence-electron chi connectivity index (χ4n) is 1.19. The van der Waals surface area contributed by atoms with Crippen LogP contribution in [0.25, 0.3) is 0 Å². The molecule has 0 bridgehead atoms. The number of ether oxygens (including phenoxy) is 1. The summed E-state index contributed by atoms with van der Waals surface area (Å²) in [6, 6.07) is 0. The summed E-state index contributed by atoms with van der Waals surface area (Å²) in [6.07, 6.45) is 3.39. The van der Waals surface area contributed by atoms with E-state index in [0.717, 1.165) is 19.3 Å². The first-order valence-electron chi connectivity index (χ1n) is 5.48. The number of sulfone groups is 1. The van der Waals surface area contributed by atoms with Crippen molar-refractivity contribution in [3.8, 4) is 0 Å². The first-order valence-corrected chi connectivity index (χ1v) is 7.63.